The molecular formula is C25H25F2N5O2. The predicted octanol–water partition coefficient (Wildman–Crippen LogP) is 5.89. The molecule has 34 heavy (non-hydrogen) atoms. The van der Waals surface area contributed by atoms with E-state index in [1.54, 1.807) is 30.6 Å². The van der Waals surface area contributed by atoms with Crippen molar-refractivity contribution in [3.05, 3.63) is 90.4 Å². The Morgan fingerprint density at radius 3 is 2.44 bits per heavy atom. The summed E-state index contributed by atoms with van der Waals surface area (Å²) in [6, 6.07) is 12.1. The van der Waals surface area contributed by atoms with E-state index in [0.29, 0.717) is 11.4 Å². The van der Waals surface area contributed by atoms with Crippen LogP contribution in [0.2, 0.25) is 0 Å². The molecule has 3 aromatic rings. The van der Waals surface area contributed by atoms with Crippen molar-refractivity contribution in [2.24, 2.45) is 16.1 Å². The summed E-state index contributed by atoms with van der Waals surface area (Å²) >= 11 is 0. The van der Waals surface area contributed by atoms with Gasteiger partial charge in [0.25, 0.3) is 0 Å². The largest absolute Gasteiger partial charge is 0.457 e. The Morgan fingerprint density at radius 2 is 1.79 bits per heavy atom. The SMILES string of the molecule is CC(C)(C)C(N)=CC(=Nc1cccc(F)c1)NC(=O)Nc1ccc(Oc2ccncc2)cc1F. The number of benzene rings is 2. The third-order valence-corrected chi connectivity index (χ3v) is 4.53. The Hall–Kier alpha value is -4.27. The summed E-state index contributed by atoms with van der Waals surface area (Å²) in [5, 5.41) is 4.96. The van der Waals surface area contributed by atoms with Gasteiger partial charge in [0.15, 0.2) is 0 Å². The summed E-state index contributed by atoms with van der Waals surface area (Å²) in [7, 11) is 0. The average Bonchev–Trinajstić information content (AvgIpc) is 2.75. The number of anilines is 1. The van der Waals surface area contributed by atoms with Gasteiger partial charge in [-0.2, -0.15) is 0 Å². The number of rotatable bonds is 5. The molecule has 2 amide bonds. The van der Waals surface area contributed by atoms with Crippen molar-refractivity contribution >= 4 is 23.2 Å². The third-order valence-electron chi connectivity index (χ3n) is 4.53. The van der Waals surface area contributed by atoms with Crippen LogP contribution in [0.25, 0.3) is 0 Å². The topological polar surface area (TPSA) is 102 Å². The molecule has 0 saturated heterocycles. The van der Waals surface area contributed by atoms with Gasteiger partial charge in [0, 0.05) is 35.6 Å². The number of nitrogens with two attached hydrogens (primary N) is 1. The molecule has 9 heteroatoms. The molecule has 0 atom stereocenters. The number of hydrogen-bond donors (Lipinski definition) is 3. The van der Waals surface area contributed by atoms with Gasteiger partial charge in [0.05, 0.1) is 11.4 Å². The molecule has 0 spiro atoms. The number of nitrogens with one attached hydrogen (secondary N) is 2. The number of carbonyl (C=O) groups excluding carboxylic acids is 1. The minimum absolute atomic E-state index is 0.0635. The van der Waals surface area contributed by atoms with Crippen molar-refractivity contribution in [1.82, 2.24) is 10.3 Å². The van der Waals surface area contributed by atoms with Crippen LogP contribution in [0.15, 0.2) is 83.8 Å². The summed E-state index contributed by atoms with van der Waals surface area (Å²) in [5.41, 5.74) is 6.36. The maximum atomic E-state index is 14.6. The van der Waals surface area contributed by atoms with E-state index < -0.39 is 23.1 Å². The van der Waals surface area contributed by atoms with Crippen molar-refractivity contribution in [1.29, 1.82) is 0 Å². The van der Waals surface area contributed by atoms with E-state index in [0.717, 1.165) is 6.07 Å². The number of allylic oxidation sites excluding steroid dienone is 1. The van der Waals surface area contributed by atoms with E-state index >= 15 is 0 Å². The van der Waals surface area contributed by atoms with Crippen molar-refractivity contribution in [2.45, 2.75) is 20.8 Å². The number of hydrogen-bond acceptors (Lipinski definition) is 5. The summed E-state index contributed by atoms with van der Waals surface area (Å²) in [6.07, 6.45) is 4.58. The first-order valence-corrected chi connectivity index (χ1v) is 10.4. The molecule has 0 fully saturated rings. The number of aliphatic imine (C=N–C) groups is 1. The molecule has 3 rings (SSSR count). The fourth-order valence-corrected chi connectivity index (χ4v) is 2.62. The Labute approximate surface area is 196 Å². The lowest BCUT2D eigenvalue weighted by atomic mass is 9.92. The standard InChI is InChI=1S/C25H25F2N5O2/c1-25(2,3)22(28)15-23(30-17-6-4-5-16(26)13-17)32-24(33)31-21-8-7-19(14-20(21)27)34-18-9-11-29-12-10-18/h4-15H,28H2,1-3H3,(H2,30,31,32,33). The van der Waals surface area contributed by atoms with Gasteiger partial charge in [-0.1, -0.05) is 26.8 Å². The quantitative estimate of drug-likeness (QED) is 0.323. The lowest BCUT2D eigenvalue weighted by Crippen LogP contribution is -2.34. The second-order valence-electron chi connectivity index (χ2n) is 8.33. The second kappa shape index (κ2) is 10.6. The highest BCUT2D eigenvalue weighted by molar-refractivity contribution is 6.08. The fourth-order valence-electron chi connectivity index (χ4n) is 2.62. The van der Waals surface area contributed by atoms with E-state index in [1.165, 1.54) is 36.4 Å². The van der Waals surface area contributed by atoms with Crippen LogP contribution in [-0.2, 0) is 0 Å². The van der Waals surface area contributed by atoms with Crippen LogP contribution in [0.1, 0.15) is 20.8 Å². The van der Waals surface area contributed by atoms with Gasteiger partial charge in [-0.15, -0.1) is 0 Å². The highest BCUT2D eigenvalue weighted by atomic mass is 19.1. The Bertz CT molecular complexity index is 1220. The van der Waals surface area contributed by atoms with Crippen molar-refractivity contribution in [3.63, 3.8) is 0 Å². The number of carbonyl (C=O) groups is 1. The van der Waals surface area contributed by atoms with Crippen LogP contribution in [0.4, 0.5) is 25.0 Å². The van der Waals surface area contributed by atoms with Gasteiger partial charge < -0.3 is 15.8 Å². The highest BCUT2D eigenvalue weighted by Crippen LogP contribution is 2.25. The van der Waals surface area contributed by atoms with Gasteiger partial charge in [-0.25, -0.2) is 18.6 Å². The van der Waals surface area contributed by atoms with Gasteiger partial charge in [0.2, 0.25) is 0 Å². The fraction of sp³-hybridized carbons (Fsp3) is 0.160. The third kappa shape index (κ3) is 7.13. The van der Waals surface area contributed by atoms with E-state index in [9.17, 15) is 13.6 Å². The first-order valence-electron chi connectivity index (χ1n) is 10.4. The lowest BCUT2D eigenvalue weighted by molar-refractivity contribution is 0.256. The zero-order valence-corrected chi connectivity index (χ0v) is 19.0. The van der Waals surface area contributed by atoms with E-state index in [-0.39, 0.29) is 23.0 Å². The summed E-state index contributed by atoms with van der Waals surface area (Å²) in [6.45, 7) is 5.68. The number of amides is 2. The van der Waals surface area contributed by atoms with Gasteiger partial charge in [0.1, 0.15) is 29.0 Å². The van der Waals surface area contributed by atoms with Crippen LogP contribution < -0.4 is 21.1 Å². The minimum atomic E-state index is -0.755. The molecular weight excluding hydrogens is 440 g/mol. The van der Waals surface area contributed by atoms with Crippen molar-refractivity contribution in [2.75, 3.05) is 5.32 Å². The average molecular weight is 466 g/mol. The first kappa shape index (κ1) is 24.4. The molecule has 0 unspecified atom stereocenters. The van der Waals surface area contributed by atoms with Gasteiger partial charge in [-0.3, -0.25) is 10.3 Å². The number of halogens is 2. The Balaban J connectivity index is 1.77. The molecule has 176 valence electrons. The number of nitrogens with zero attached hydrogens (tertiary/aromatic N) is 2. The highest BCUT2D eigenvalue weighted by Gasteiger charge is 2.16. The van der Waals surface area contributed by atoms with Gasteiger partial charge in [-0.05, 0) is 42.5 Å². The van der Waals surface area contributed by atoms with Crippen LogP contribution in [-0.4, -0.2) is 16.9 Å². The molecule has 0 aliphatic rings. The number of urea groups is 1. The number of ether oxygens (including phenoxy) is 1. The van der Waals surface area contributed by atoms with E-state index in [2.05, 4.69) is 20.6 Å². The van der Waals surface area contributed by atoms with Gasteiger partial charge >= 0.3 is 6.03 Å². The summed E-state index contributed by atoms with van der Waals surface area (Å²) in [5.74, 6) is -0.365. The number of amidine groups is 1. The van der Waals surface area contributed by atoms with E-state index in [1.807, 2.05) is 20.8 Å². The van der Waals surface area contributed by atoms with Crippen LogP contribution >= 0.6 is 0 Å². The summed E-state index contributed by atoms with van der Waals surface area (Å²) < 4.78 is 33.7. The molecule has 4 N–H and O–H groups in total. The maximum absolute atomic E-state index is 14.6. The molecule has 0 saturated carbocycles. The predicted molar refractivity (Wildman–Crippen MR) is 128 cm³/mol. The maximum Gasteiger partial charge on any atom is 0.324 e. The molecule has 1 heterocycles. The zero-order valence-electron chi connectivity index (χ0n) is 19.0. The minimum Gasteiger partial charge on any atom is -0.457 e. The Kier molecular flexibility index (Phi) is 7.57. The molecule has 7 nitrogen and oxygen atoms in total. The van der Waals surface area contributed by atoms with Crippen LogP contribution in [0, 0.1) is 17.0 Å². The molecule has 0 aliphatic carbocycles. The number of pyridine rings is 1. The van der Waals surface area contributed by atoms with Crippen molar-refractivity contribution in [3.8, 4) is 11.5 Å². The van der Waals surface area contributed by atoms with Crippen molar-refractivity contribution < 1.29 is 18.3 Å². The molecule has 2 aromatic carbocycles. The molecule has 0 aliphatic heterocycles. The summed E-state index contributed by atoms with van der Waals surface area (Å²) in [4.78, 5) is 20.7. The van der Waals surface area contributed by atoms with Crippen LogP contribution in [0.5, 0.6) is 11.5 Å². The van der Waals surface area contributed by atoms with E-state index in [4.69, 9.17) is 10.5 Å². The van der Waals surface area contributed by atoms with Crippen LogP contribution in [0.3, 0.4) is 0 Å². The number of aromatic nitrogens is 1. The lowest BCUT2D eigenvalue weighted by Gasteiger charge is -2.19. The molecule has 1 aromatic heterocycles. The normalized spacial score (nSPS) is 12.3. The monoisotopic (exact) mass is 465 g/mol. The molecule has 0 radical (unpaired) electrons. The zero-order chi connectivity index (χ0) is 24.7. The smallest absolute Gasteiger partial charge is 0.324 e. The molecule has 0 bridgehead atoms. The second-order valence-corrected chi connectivity index (χ2v) is 8.33. The first-order chi connectivity index (χ1) is 16.1. The Morgan fingerprint density at radius 1 is 1.06 bits per heavy atom.